The van der Waals surface area contributed by atoms with Crippen LogP contribution in [0.2, 0.25) is 20.1 Å². The number of nitrogens with zero attached hydrogens (tertiary/aromatic N) is 2. The van der Waals surface area contributed by atoms with Crippen LogP contribution in [0.3, 0.4) is 0 Å². The number of hydrogen-bond acceptors (Lipinski definition) is 4. The van der Waals surface area contributed by atoms with E-state index in [0.717, 1.165) is 11.1 Å². The molecule has 1 heterocycles. The highest BCUT2D eigenvalue weighted by Gasteiger charge is 2.20. The van der Waals surface area contributed by atoms with Crippen LogP contribution in [-0.2, 0) is 22.6 Å². The molecule has 1 atom stereocenters. The maximum atomic E-state index is 6.35. The molecule has 28 heavy (non-hydrogen) atoms. The van der Waals surface area contributed by atoms with Crippen LogP contribution >= 0.6 is 58.6 Å². The topological polar surface area (TPSA) is 36.3 Å². The van der Waals surface area contributed by atoms with Gasteiger partial charge in [0.25, 0.3) is 0 Å². The summed E-state index contributed by atoms with van der Waals surface area (Å²) in [5.41, 5.74) is 1.47. The van der Waals surface area contributed by atoms with Gasteiger partial charge in [-0.25, -0.2) is 4.98 Å². The fourth-order valence-corrected chi connectivity index (χ4v) is 3.64. The minimum absolute atomic E-state index is 0.0258. The highest BCUT2D eigenvalue weighted by Crippen LogP contribution is 2.30. The predicted molar refractivity (Wildman–Crippen MR) is 116 cm³/mol. The van der Waals surface area contributed by atoms with Crippen molar-refractivity contribution < 1.29 is 9.47 Å². The zero-order valence-electron chi connectivity index (χ0n) is 14.3. The van der Waals surface area contributed by atoms with E-state index in [-0.39, 0.29) is 11.8 Å². The third-order valence-corrected chi connectivity index (χ3v) is 5.21. The van der Waals surface area contributed by atoms with Crippen molar-refractivity contribution in [2.75, 3.05) is 0 Å². The SMILES string of the molecule is S=C(OCc1ccc(Cl)cc1Cl)OC(Cn1ccnc1)c1ccc(Cl)cc1Cl. The van der Waals surface area contributed by atoms with Crippen LogP contribution < -0.4 is 0 Å². The minimum Gasteiger partial charge on any atom is -0.452 e. The number of halogens is 4. The van der Waals surface area contributed by atoms with E-state index in [9.17, 15) is 0 Å². The fraction of sp³-hybridized carbons (Fsp3) is 0.158. The van der Waals surface area contributed by atoms with Gasteiger partial charge in [-0.3, -0.25) is 0 Å². The second-order valence-corrected chi connectivity index (χ2v) is 7.83. The van der Waals surface area contributed by atoms with E-state index in [0.29, 0.717) is 26.6 Å². The zero-order chi connectivity index (χ0) is 20.1. The van der Waals surface area contributed by atoms with E-state index in [4.69, 9.17) is 68.1 Å². The van der Waals surface area contributed by atoms with E-state index in [1.807, 2.05) is 10.8 Å². The van der Waals surface area contributed by atoms with Crippen molar-refractivity contribution in [3.05, 3.63) is 86.3 Å². The van der Waals surface area contributed by atoms with Gasteiger partial charge in [-0.1, -0.05) is 58.5 Å². The first-order valence-electron chi connectivity index (χ1n) is 8.10. The van der Waals surface area contributed by atoms with E-state index in [1.165, 1.54) is 0 Å². The van der Waals surface area contributed by atoms with Crippen LogP contribution in [0.1, 0.15) is 17.2 Å². The molecular formula is C19H14Cl4N2O2S. The second-order valence-electron chi connectivity index (χ2n) is 5.81. The summed E-state index contributed by atoms with van der Waals surface area (Å²) in [6.45, 7) is 0.591. The third-order valence-electron chi connectivity index (χ3n) is 3.84. The van der Waals surface area contributed by atoms with Gasteiger partial charge < -0.3 is 14.0 Å². The largest absolute Gasteiger partial charge is 0.452 e. The van der Waals surface area contributed by atoms with Crippen molar-refractivity contribution in [3.8, 4) is 0 Å². The highest BCUT2D eigenvalue weighted by atomic mass is 35.5. The van der Waals surface area contributed by atoms with Crippen LogP contribution in [0, 0.1) is 0 Å². The normalized spacial score (nSPS) is 11.9. The average Bonchev–Trinajstić information content (AvgIpc) is 3.13. The molecule has 3 aromatic rings. The van der Waals surface area contributed by atoms with Gasteiger partial charge >= 0.3 is 5.24 Å². The van der Waals surface area contributed by atoms with Gasteiger partial charge in [0.1, 0.15) is 12.7 Å². The van der Waals surface area contributed by atoms with Crippen LogP contribution in [0.4, 0.5) is 0 Å². The maximum Gasteiger partial charge on any atom is 0.353 e. The average molecular weight is 476 g/mol. The lowest BCUT2D eigenvalue weighted by atomic mass is 10.1. The van der Waals surface area contributed by atoms with Gasteiger partial charge in [0.2, 0.25) is 0 Å². The Labute approximate surface area is 187 Å². The minimum atomic E-state index is -0.493. The molecular weight excluding hydrogens is 462 g/mol. The molecule has 0 saturated heterocycles. The number of aromatic nitrogens is 2. The first kappa shape index (κ1) is 21.2. The van der Waals surface area contributed by atoms with Crippen LogP contribution in [-0.4, -0.2) is 14.8 Å². The Hall–Kier alpha value is -1.50. The zero-order valence-corrected chi connectivity index (χ0v) is 18.2. The van der Waals surface area contributed by atoms with Crippen LogP contribution in [0.15, 0.2) is 55.1 Å². The lowest BCUT2D eigenvalue weighted by Gasteiger charge is -2.21. The second kappa shape index (κ2) is 9.81. The Bertz CT molecular complexity index is 967. The quantitative estimate of drug-likeness (QED) is 0.369. The van der Waals surface area contributed by atoms with E-state index in [2.05, 4.69) is 4.98 Å². The van der Waals surface area contributed by atoms with Crippen molar-refractivity contribution >= 4 is 63.9 Å². The maximum absolute atomic E-state index is 6.35. The molecule has 0 radical (unpaired) electrons. The van der Waals surface area contributed by atoms with Crippen LogP contribution in [0.25, 0.3) is 0 Å². The van der Waals surface area contributed by atoms with Crippen molar-refractivity contribution in [1.29, 1.82) is 0 Å². The molecule has 0 bridgehead atoms. The monoisotopic (exact) mass is 474 g/mol. The molecule has 0 amide bonds. The summed E-state index contributed by atoms with van der Waals surface area (Å²) in [5.74, 6) is 0. The summed E-state index contributed by atoms with van der Waals surface area (Å²) >= 11 is 29.7. The van der Waals surface area contributed by atoms with Crippen molar-refractivity contribution in [1.82, 2.24) is 9.55 Å². The molecule has 0 fully saturated rings. The number of thiocarbonyl (C=S) groups is 1. The van der Waals surface area contributed by atoms with E-state index >= 15 is 0 Å². The smallest absolute Gasteiger partial charge is 0.353 e. The molecule has 2 aromatic carbocycles. The first-order valence-corrected chi connectivity index (χ1v) is 10.0. The molecule has 3 rings (SSSR count). The summed E-state index contributed by atoms with van der Waals surface area (Å²) in [5, 5.41) is 2.02. The van der Waals surface area contributed by atoms with E-state index in [1.54, 1.807) is 48.9 Å². The number of rotatable bonds is 6. The summed E-state index contributed by atoms with van der Waals surface area (Å²) < 4.78 is 13.3. The molecule has 4 nitrogen and oxygen atoms in total. The molecule has 0 saturated carbocycles. The Kier molecular flexibility index (Phi) is 7.43. The molecule has 0 aliphatic heterocycles. The lowest BCUT2D eigenvalue weighted by molar-refractivity contribution is 0.101. The van der Waals surface area contributed by atoms with Gasteiger partial charge in [0, 0.05) is 55.8 Å². The predicted octanol–water partition coefficient (Wildman–Crippen LogP) is 6.76. The Balaban J connectivity index is 1.72. The number of benzene rings is 2. The number of hydrogen-bond donors (Lipinski definition) is 0. The molecule has 0 aliphatic rings. The molecule has 9 heteroatoms. The lowest BCUT2D eigenvalue weighted by Crippen LogP contribution is -2.17. The Morgan fingerprint density at radius 2 is 1.75 bits per heavy atom. The summed E-state index contributed by atoms with van der Waals surface area (Å²) in [7, 11) is 0. The highest BCUT2D eigenvalue weighted by molar-refractivity contribution is 7.79. The van der Waals surface area contributed by atoms with Crippen molar-refractivity contribution in [2.24, 2.45) is 0 Å². The molecule has 1 unspecified atom stereocenters. The first-order chi connectivity index (χ1) is 13.4. The van der Waals surface area contributed by atoms with Gasteiger partial charge in [-0.2, -0.15) is 0 Å². The van der Waals surface area contributed by atoms with Gasteiger partial charge in [0.15, 0.2) is 0 Å². The summed E-state index contributed by atoms with van der Waals surface area (Å²) in [4.78, 5) is 4.04. The molecule has 0 N–H and O–H groups in total. The summed E-state index contributed by atoms with van der Waals surface area (Å²) in [6, 6.07) is 10.3. The Morgan fingerprint density at radius 1 is 1.04 bits per heavy atom. The Morgan fingerprint density at radius 3 is 2.39 bits per heavy atom. The molecule has 0 aliphatic carbocycles. The third kappa shape index (κ3) is 5.75. The molecule has 146 valence electrons. The molecule has 0 spiro atoms. The van der Waals surface area contributed by atoms with Gasteiger partial charge in [0.05, 0.1) is 12.9 Å². The number of ether oxygens (including phenoxy) is 2. The van der Waals surface area contributed by atoms with Gasteiger partial charge in [-0.15, -0.1) is 0 Å². The standard InChI is InChI=1S/C19H14Cl4N2O2S/c20-13-2-1-12(16(22)7-13)10-26-19(28)27-18(9-25-6-5-24-11-25)15-4-3-14(21)8-17(15)23/h1-8,11,18H,9-10H2. The molecule has 1 aromatic heterocycles. The van der Waals surface area contributed by atoms with Gasteiger partial charge in [-0.05, 0) is 24.3 Å². The number of imidazole rings is 1. The van der Waals surface area contributed by atoms with Crippen molar-refractivity contribution in [3.63, 3.8) is 0 Å². The summed E-state index contributed by atoms with van der Waals surface area (Å²) in [6.07, 6.45) is 4.68. The van der Waals surface area contributed by atoms with Crippen molar-refractivity contribution in [2.45, 2.75) is 19.3 Å². The van der Waals surface area contributed by atoms with Crippen LogP contribution in [0.5, 0.6) is 0 Å². The fourth-order valence-electron chi connectivity index (χ4n) is 2.47. The van der Waals surface area contributed by atoms with E-state index < -0.39 is 6.10 Å².